The van der Waals surface area contributed by atoms with Crippen LogP contribution in [-0.2, 0) is 28.7 Å². The molecule has 10 heteroatoms. The summed E-state index contributed by atoms with van der Waals surface area (Å²) in [6.07, 6.45) is 3.25. The Balaban J connectivity index is 4.30. The second kappa shape index (κ2) is 18.2. The van der Waals surface area contributed by atoms with Gasteiger partial charge in [0.25, 0.3) is 0 Å². The van der Waals surface area contributed by atoms with Crippen molar-refractivity contribution in [1.82, 2.24) is 21.3 Å². The van der Waals surface area contributed by atoms with Gasteiger partial charge in [-0.15, -0.1) is 0 Å². The van der Waals surface area contributed by atoms with Crippen molar-refractivity contribution >= 4 is 23.8 Å². The van der Waals surface area contributed by atoms with Crippen molar-refractivity contribution in [3.8, 4) is 0 Å². The lowest BCUT2D eigenvalue weighted by Gasteiger charge is -2.21. The van der Waals surface area contributed by atoms with Crippen molar-refractivity contribution in [2.75, 3.05) is 27.3 Å². The van der Waals surface area contributed by atoms with E-state index in [4.69, 9.17) is 9.47 Å². The molecule has 0 rings (SSSR count). The van der Waals surface area contributed by atoms with Crippen molar-refractivity contribution in [2.45, 2.75) is 97.3 Å². The molecule has 0 aromatic rings. The summed E-state index contributed by atoms with van der Waals surface area (Å²) in [7, 11) is 2.62. The van der Waals surface area contributed by atoms with E-state index in [2.05, 4.69) is 21.3 Å². The minimum Gasteiger partial charge on any atom is -0.468 e. The van der Waals surface area contributed by atoms with E-state index in [0.29, 0.717) is 13.1 Å². The minimum atomic E-state index is -0.672. The summed E-state index contributed by atoms with van der Waals surface area (Å²) in [6.45, 7) is 10.9. The fourth-order valence-electron chi connectivity index (χ4n) is 3.21. The average molecular weight is 487 g/mol. The SMILES string of the molecule is CCC(C)NC(CC(=O)NCCCC(C)CNC(=O)CC(NC(C)CC)C(=O)OC)C(=O)OC. The third kappa shape index (κ3) is 14.1. The summed E-state index contributed by atoms with van der Waals surface area (Å²) in [5.41, 5.74) is 0. The maximum atomic E-state index is 12.3. The van der Waals surface area contributed by atoms with Crippen molar-refractivity contribution in [1.29, 1.82) is 0 Å². The van der Waals surface area contributed by atoms with Gasteiger partial charge >= 0.3 is 11.9 Å². The highest BCUT2D eigenvalue weighted by Crippen LogP contribution is 2.06. The highest BCUT2D eigenvalue weighted by molar-refractivity contribution is 5.85. The van der Waals surface area contributed by atoms with Gasteiger partial charge in [0.05, 0.1) is 27.1 Å². The Morgan fingerprint density at radius 1 is 0.735 bits per heavy atom. The molecule has 0 aliphatic heterocycles. The molecule has 0 bridgehead atoms. The second-order valence-electron chi connectivity index (χ2n) is 8.91. The Bertz CT molecular complexity index is 631. The van der Waals surface area contributed by atoms with Crippen LogP contribution in [0.2, 0.25) is 0 Å². The second-order valence-corrected chi connectivity index (χ2v) is 8.91. The zero-order valence-corrected chi connectivity index (χ0v) is 22.0. The summed E-state index contributed by atoms with van der Waals surface area (Å²) >= 11 is 0. The molecule has 5 atom stereocenters. The molecule has 2 amide bonds. The molecule has 5 unspecified atom stereocenters. The average Bonchev–Trinajstić information content (AvgIpc) is 2.83. The number of carbonyl (C=O) groups is 4. The predicted molar refractivity (Wildman–Crippen MR) is 131 cm³/mol. The van der Waals surface area contributed by atoms with Gasteiger partial charge in [-0.3, -0.25) is 19.2 Å². The van der Waals surface area contributed by atoms with Crippen LogP contribution < -0.4 is 21.3 Å². The fraction of sp³-hybridized carbons (Fsp3) is 0.833. The molecule has 0 aliphatic rings. The van der Waals surface area contributed by atoms with Crippen molar-refractivity contribution in [2.24, 2.45) is 5.92 Å². The van der Waals surface area contributed by atoms with Crippen LogP contribution >= 0.6 is 0 Å². The van der Waals surface area contributed by atoms with E-state index in [1.54, 1.807) is 0 Å². The highest BCUT2D eigenvalue weighted by Gasteiger charge is 2.25. The van der Waals surface area contributed by atoms with E-state index >= 15 is 0 Å². The lowest BCUT2D eigenvalue weighted by Crippen LogP contribution is -2.46. The number of nitrogens with one attached hydrogen (secondary N) is 4. The summed E-state index contributed by atoms with van der Waals surface area (Å²) in [5, 5.41) is 11.9. The van der Waals surface area contributed by atoms with Gasteiger partial charge in [0, 0.05) is 25.2 Å². The predicted octanol–water partition coefficient (Wildman–Crippen LogP) is 1.27. The fourth-order valence-corrected chi connectivity index (χ4v) is 3.21. The molecule has 0 saturated heterocycles. The molecule has 10 nitrogen and oxygen atoms in total. The lowest BCUT2D eigenvalue weighted by molar-refractivity contribution is -0.145. The first kappa shape index (κ1) is 31.8. The van der Waals surface area contributed by atoms with E-state index in [1.165, 1.54) is 14.2 Å². The number of hydrogen-bond donors (Lipinski definition) is 4. The molecular weight excluding hydrogens is 440 g/mol. The molecule has 0 heterocycles. The number of hydrogen-bond acceptors (Lipinski definition) is 8. The van der Waals surface area contributed by atoms with Gasteiger partial charge in [0.1, 0.15) is 12.1 Å². The van der Waals surface area contributed by atoms with Gasteiger partial charge in [-0.2, -0.15) is 0 Å². The Kier molecular flexibility index (Phi) is 17.0. The van der Waals surface area contributed by atoms with Crippen LogP contribution in [0.3, 0.4) is 0 Å². The zero-order valence-electron chi connectivity index (χ0n) is 22.0. The number of rotatable bonds is 18. The Labute approximate surface area is 204 Å². The Morgan fingerprint density at radius 3 is 1.59 bits per heavy atom. The topological polar surface area (TPSA) is 135 Å². The van der Waals surface area contributed by atoms with Gasteiger partial charge in [-0.25, -0.2) is 0 Å². The molecule has 0 fully saturated rings. The van der Waals surface area contributed by atoms with E-state index in [-0.39, 0.29) is 42.7 Å². The van der Waals surface area contributed by atoms with Gasteiger partial charge in [-0.05, 0) is 45.4 Å². The molecule has 0 aromatic carbocycles. The van der Waals surface area contributed by atoms with Crippen LogP contribution in [0.15, 0.2) is 0 Å². The van der Waals surface area contributed by atoms with Crippen LogP contribution in [0.4, 0.5) is 0 Å². The molecule has 0 radical (unpaired) electrons. The molecule has 0 aromatic heterocycles. The van der Waals surface area contributed by atoms with Crippen molar-refractivity contribution < 1.29 is 28.7 Å². The largest absolute Gasteiger partial charge is 0.468 e. The molecule has 0 saturated carbocycles. The lowest BCUT2D eigenvalue weighted by atomic mass is 10.1. The molecule has 198 valence electrons. The number of carbonyl (C=O) groups excluding carboxylic acids is 4. The summed E-state index contributed by atoms with van der Waals surface area (Å²) < 4.78 is 9.58. The first-order chi connectivity index (χ1) is 16.1. The maximum absolute atomic E-state index is 12.3. The van der Waals surface area contributed by atoms with E-state index in [0.717, 1.165) is 25.7 Å². The van der Waals surface area contributed by atoms with Gasteiger partial charge in [-0.1, -0.05) is 20.8 Å². The minimum absolute atomic E-state index is 0.0197. The van der Waals surface area contributed by atoms with Gasteiger partial charge in [0.2, 0.25) is 11.8 Å². The quantitative estimate of drug-likeness (QED) is 0.168. The number of methoxy groups -OCH3 is 2. The maximum Gasteiger partial charge on any atom is 0.323 e. The summed E-state index contributed by atoms with van der Waals surface area (Å²) in [5.74, 6) is -1.12. The first-order valence-corrected chi connectivity index (χ1v) is 12.3. The van der Waals surface area contributed by atoms with Crippen molar-refractivity contribution in [3.05, 3.63) is 0 Å². The van der Waals surface area contributed by atoms with E-state index < -0.39 is 24.0 Å². The molecule has 34 heavy (non-hydrogen) atoms. The van der Waals surface area contributed by atoms with Crippen molar-refractivity contribution in [3.63, 3.8) is 0 Å². The first-order valence-electron chi connectivity index (χ1n) is 12.3. The summed E-state index contributed by atoms with van der Waals surface area (Å²) in [4.78, 5) is 48.3. The molecule has 0 spiro atoms. The van der Waals surface area contributed by atoms with Crippen LogP contribution in [0.1, 0.15) is 73.1 Å². The van der Waals surface area contributed by atoms with Crippen LogP contribution in [0.25, 0.3) is 0 Å². The molecule has 4 N–H and O–H groups in total. The third-order valence-electron chi connectivity index (χ3n) is 5.79. The Morgan fingerprint density at radius 2 is 1.18 bits per heavy atom. The van der Waals surface area contributed by atoms with Crippen LogP contribution in [0, 0.1) is 5.92 Å². The van der Waals surface area contributed by atoms with Gasteiger partial charge in [0.15, 0.2) is 0 Å². The monoisotopic (exact) mass is 486 g/mol. The van der Waals surface area contributed by atoms with Crippen LogP contribution in [-0.4, -0.2) is 75.2 Å². The summed E-state index contributed by atoms with van der Waals surface area (Å²) in [6, 6.07) is -1.15. The standard InChI is InChI=1S/C24H46N4O6/c1-8-17(4)27-19(23(31)33-6)13-21(29)25-12-10-11-16(3)15-26-22(30)14-20(24(32)34-7)28-18(5)9-2/h16-20,27-28H,8-15H2,1-7H3,(H,25,29)(H,26,30). The zero-order chi connectivity index (χ0) is 26.1. The normalized spacial score (nSPS) is 15.4. The molecular formula is C24H46N4O6. The highest BCUT2D eigenvalue weighted by atomic mass is 16.5. The third-order valence-corrected chi connectivity index (χ3v) is 5.79. The van der Waals surface area contributed by atoms with Crippen LogP contribution in [0.5, 0.6) is 0 Å². The van der Waals surface area contributed by atoms with E-state index in [1.807, 2.05) is 34.6 Å². The van der Waals surface area contributed by atoms with E-state index in [9.17, 15) is 19.2 Å². The van der Waals surface area contributed by atoms with Gasteiger partial charge < -0.3 is 30.7 Å². The Hall–Kier alpha value is -2.20. The number of ether oxygens (including phenoxy) is 2. The number of esters is 2. The number of amides is 2. The molecule has 0 aliphatic carbocycles. The smallest absolute Gasteiger partial charge is 0.323 e.